The molecule has 1 spiro atoms. The average Bonchev–Trinajstić information content (AvgIpc) is 3.94. The van der Waals surface area contributed by atoms with Gasteiger partial charge in [0.1, 0.15) is 6.10 Å². The van der Waals surface area contributed by atoms with E-state index in [2.05, 4.69) is 59.4 Å². The summed E-state index contributed by atoms with van der Waals surface area (Å²) in [6.07, 6.45) is 13.2. The highest BCUT2D eigenvalue weighted by molar-refractivity contribution is 5.75. The SMILES string of the molecule is CC(=O)N1CCc2[nH]nc(N3CCCc4ccc(C(F)F)cc43)c2C1.Cc1cc(N2CCC3(CCN(c4ccc(OC5CCN(CC6CCCCC6)CC5)nn4)CC3)C2)ccc1C#N. The van der Waals surface area contributed by atoms with Gasteiger partial charge in [-0.05, 0) is 118 Å². The summed E-state index contributed by atoms with van der Waals surface area (Å²) in [6, 6.07) is 17.5. The molecule has 2 aromatic heterocycles. The van der Waals surface area contributed by atoms with Crippen LogP contribution < -0.4 is 19.4 Å². The van der Waals surface area contributed by atoms with Gasteiger partial charge in [0.05, 0.1) is 18.2 Å². The van der Waals surface area contributed by atoms with Crippen LogP contribution in [0.1, 0.15) is 117 Å². The van der Waals surface area contributed by atoms with Crippen molar-refractivity contribution in [3.05, 3.63) is 82.0 Å². The van der Waals surface area contributed by atoms with Gasteiger partial charge >= 0.3 is 0 Å². The number of anilines is 4. The highest BCUT2D eigenvalue weighted by Crippen LogP contribution is 2.43. The Kier molecular flexibility index (Phi) is 13.3. The van der Waals surface area contributed by atoms with Crippen LogP contribution in [0.4, 0.5) is 31.8 Å². The molecule has 0 bridgehead atoms. The van der Waals surface area contributed by atoms with Gasteiger partial charge in [-0.25, -0.2) is 8.78 Å². The van der Waals surface area contributed by atoms with E-state index in [0.29, 0.717) is 24.4 Å². The fraction of sp³-hybridized carbons (Fsp3) is 0.580. The lowest BCUT2D eigenvalue weighted by Crippen LogP contribution is -2.42. The summed E-state index contributed by atoms with van der Waals surface area (Å²) in [5.41, 5.74) is 7.39. The fourth-order valence-electron chi connectivity index (χ4n) is 11.1. The highest BCUT2D eigenvalue weighted by atomic mass is 19.3. The number of hydrogen-bond acceptors (Lipinski definition) is 10. The van der Waals surface area contributed by atoms with Gasteiger partial charge < -0.3 is 29.2 Å². The van der Waals surface area contributed by atoms with Gasteiger partial charge in [-0.15, -0.1) is 10.2 Å². The number of rotatable bonds is 8. The molecule has 64 heavy (non-hydrogen) atoms. The molecule has 1 aliphatic carbocycles. The van der Waals surface area contributed by atoms with Crippen LogP contribution in [-0.4, -0.2) is 101 Å². The number of carbonyl (C=O) groups excluding carboxylic acids is 1. The summed E-state index contributed by atoms with van der Waals surface area (Å²) < 4.78 is 32.5. The second-order valence-corrected chi connectivity index (χ2v) is 19.3. The number of amides is 1. The summed E-state index contributed by atoms with van der Waals surface area (Å²) in [6.45, 7) is 13.3. The van der Waals surface area contributed by atoms with E-state index in [1.54, 1.807) is 24.0 Å². The van der Waals surface area contributed by atoms with Crippen LogP contribution in [0.3, 0.4) is 0 Å². The molecule has 10 rings (SSSR count). The normalized spacial score (nSPS) is 20.4. The van der Waals surface area contributed by atoms with Crippen molar-refractivity contribution in [1.29, 1.82) is 5.26 Å². The molecule has 1 N–H and O–H groups in total. The van der Waals surface area contributed by atoms with Gasteiger partial charge in [-0.3, -0.25) is 9.89 Å². The number of halogens is 2. The molecule has 6 aliphatic rings. The van der Waals surface area contributed by atoms with Gasteiger partial charge in [0.25, 0.3) is 6.43 Å². The molecular formula is C50H64F2N10O2. The molecule has 14 heteroatoms. The van der Waals surface area contributed by atoms with Crippen molar-refractivity contribution in [2.45, 2.75) is 116 Å². The number of hydrogen-bond donors (Lipinski definition) is 1. The third-order valence-corrected chi connectivity index (χ3v) is 15.1. The molecule has 4 aromatic rings. The van der Waals surface area contributed by atoms with Crippen LogP contribution in [0.25, 0.3) is 0 Å². The van der Waals surface area contributed by atoms with E-state index in [0.717, 1.165) is 129 Å². The number of carbonyl (C=O) groups is 1. The van der Waals surface area contributed by atoms with Crippen molar-refractivity contribution in [1.82, 2.24) is 30.2 Å². The average molecular weight is 875 g/mol. The van der Waals surface area contributed by atoms with Crippen LogP contribution in [-0.2, 0) is 24.2 Å². The number of piperidine rings is 2. The van der Waals surface area contributed by atoms with Gasteiger partial charge in [0.2, 0.25) is 11.8 Å². The van der Waals surface area contributed by atoms with E-state index < -0.39 is 6.43 Å². The second kappa shape index (κ2) is 19.4. The Labute approximate surface area is 376 Å². The maximum Gasteiger partial charge on any atom is 0.263 e. The van der Waals surface area contributed by atoms with Crippen LogP contribution >= 0.6 is 0 Å². The summed E-state index contributed by atoms with van der Waals surface area (Å²) in [7, 11) is 0. The Balaban J connectivity index is 0.000000178. The molecule has 3 saturated heterocycles. The predicted molar refractivity (Wildman–Crippen MR) is 245 cm³/mol. The Bertz CT molecular complexity index is 2270. The summed E-state index contributed by atoms with van der Waals surface area (Å²) in [5.74, 6) is 3.35. The molecule has 12 nitrogen and oxygen atoms in total. The topological polar surface area (TPSA) is 121 Å². The first-order valence-electron chi connectivity index (χ1n) is 23.9. The number of aromatic amines is 1. The van der Waals surface area contributed by atoms with E-state index in [1.807, 2.05) is 24.0 Å². The molecule has 1 saturated carbocycles. The number of fused-ring (bicyclic) bond motifs is 2. The van der Waals surface area contributed by atoms with Crippen molar-refractivity contribution in [3.63, 3.8) is 0 Å². The number of alkyl halides is 2. The summed E-state index contributed by atoms with van der Waals surface area (Å²) in [4.78, 5) is 23.1. The van der Waals surface area contributed by atoms with Crippen LogP contribution in [0.5, 0.6) is 5.88 Å². The van der Waals surface area contributed by atoms with Gasteiger partial charge in [-0.1, -0.05) is 31.4 Å². The molecule has 7 heterocycles. The number of benzene rings is 2. The van der Waals surface area contributed by atoms with Gasteiger partial charge in [0.15, 0.2) is 11.6 Å². The Morgan fingerprint density at radius 1 is 0.891 bits per heavy atom. The molecule has 1 amide bonds. The molecule has 5 aliphatic heterocycles. The molecule has 0 unspecified atom stereocenters. The smallest absolute Gasteiger partial charge is 0.263 e. The quantitative estimate of drug-likeness (QED) is 0.184. The van der Waals surface area contributed by atoms with Crippen LogP contribution in [0, 0.1) is 29.6 Å². The number of aromatic nitrogens is 4. The van der Waals surface area contributed by atoms with Crippen molar-refractivity contribution in [3.8, 4) is 11.9 Å². The Morgan fingerprint density at radius 3 is 2.38 bits per heavy atom. The molecular weight excluding hydrogens is 811 g/mol. The zero-order chi connectivity index (χ0) is 44.2. The van der Waals surface area contributed by atoms with Crippen molar-refractivity contribution in [2.24, 2.45) is 11.3 Å². The number of likely N-dealkylation sites (tertiary alicyclic amines) is 1. The van der Waals surface area contributed by atoms with Crippen molar-refractivity contribution >= 4 is 28.9 Å². The lowest BCUT2D eigenvalue weighted by Gasteiger charge is -2.39. The minimum atomic E-state index is -2.49. The first-order valence-corrected chi connectivity index (χ1v) is 23.9. The third-order valence-electron chi connectivity index (χ3n) is 15.1. The first-order chi connectivity index (χ1) is 31.1. The monoisotopic (exact) mass is 875 g/mol. The van der Waals surface area contributed by atoms with E-state index >= 15 is 0 Å². The largest absolute Gasteiger partial charge is 0.473 e. The Morgan fingerprint density at radius 2 is 1.67 bits per heavy atom. The number of nitrogens with zero attached hydrogens (tertiary/aromatic N) is 9. The molecule has 0 radical (unpaired) electrons. The number of nitrogens with one attached hydrogen (secondary N) is 1. The number of aryl methyl sites for hydroxylation is 2. The van der Waals surface area contributed by atoms with E-state index in [4.69, 9.17) is 4.74 Å². The zero-order valence-electron chi connectivity index (χ0n) is 37.7. The van der Waals surface area contributed by atoms with E-state index in [1.165, 1.54) is 69.7 Å². The summed E-state index contributed by atoms with van der Waals surface area (Å²) in [5, 5.41) is 25.8. The van der Waals surface area contributed by atoms with E-state index in [9.17, 15) is 18.8 Å². The third kappa shape index (κ3) is 9.84. The Hall–Kier alpha value is -5.29. The number of ether oxygens (including phenoxy) is 1. The van der Waals surface area contributed by atoms with Crippen LogP contribution in [0.2, 0.25) is 0 Å². The van der Waals surface area contributed by atoms with Crippen molar-refractivity contribution < 1.29 is 18.3 Å². The second-order valence-electron chi connectivity index (χ2n) is 19.3. The van der Waals surface area contributed by atoms with Crippen molar-refractivity contribution in [2.75, 3.05) is 73.6 Å². The molecule has 4 fully saturated rings. The predicted octanol–water partition coefficient (Wildman–Crippen LogP) is 8.91. The van der Waals surface area contributed by atoms with Crippen LogP contribution in [0.15, 0.2) is 48.5 Å². The lowest BCUT2D eigenvalue weighted by molar-refractivity contribution is -0.129. The number of H-pyrrole nitrogens is 1. The van der Waals surface area contributed by atoms with E-state index in [-0.39, 0.29) is 17.6 Å². The standard InChI is InChI=1S/C32H44N6O.C18H20F2N4O/c1-25-21-28(8-7-27(25)22-33)38-20-15-32(24-38)13-18-37(19-14-32)30-9-10-31(35-34-30)39-29-11-16-36(17-12-29)23-26-5-3-2-4-6-26;1-11(25)23-8-6-15-14(10-23)18(22-21-15)24-7-2-3-12-4-5-13(17(19)20)9-16(12)24/h7-10,21,26,29H,2-6,11-20,23-24H2,1H3;4-5,9,17H,2-3,6-8,10H2,1H3,(H,21,22). The maximum atomic E-state index is 13.1. The minimum absolute atomic E-state index is 0.0282. The maximum absolute atomic E-state index is 13.1. The minimum Gasteiger partial charge on any atom is -0.473 e. The molecule has 2 aromatic carbocycles. The first kappa shape index (κ1) is 43.9. The van der Waals surface area contributed by atoms with Gasteiger partial charge in [0, 0.05) is 107 Å². The summed E-state index contributed by atoms with van der Waals surface area (Å²) >= 11 is 0. The fourth-order valence-corrected chi connectivity index (χ4v) is 11.1. The molecule has 0 atom stereocenters. The highest BCUT2D eigenvalue weighted by Gasteiger charge is 2.41. The zero-order valence-corrected chi connectivity index (χ0v) is 37.7. The lowest BCUT2D eigenvalue weighted by atomic mass is 9.78. The van der Waals surface area contributed by atoms with Gasteiger partial charge in [-0.2, -0.15) is 10.4 Å². The number of nitriles is 1. The molecule has 340 valence electrons.